The summed E-state index contributed by atoms with van der Waals surface area (Å²) in [4.78, 5) is 9.53. The van der Waals surface area contributed by atoms with Crippen LogP contribution < -0.4 is 5.32 Å². The van der Waals surface area contributed by atoms with Crippen molar-refractivity contribution in [3.05, 3.63) is 33.9 Å². The lowest BCUT2D eigenvalue weighted by molar-refractivity contribution is -0.385. The van der Waals surface area contributed by atoms with Crippen LogP contribution in [0.15, 0.2) is 18.2 Å². The highest BCUT2D eigenvalue weighted by molar-refractivity contribution is 5.57. The Balaban J connectivity index is 3.20. The van der Waals surface area contributed by atoms with Crippen molar-refractivity contribution in [1.82, 2.24) is 0 Å². The molecule has 19 heavy (non-hydrogen) atoms. The van der Waals surface area contributed by atoms with Crippen molar-refractivity contribution in [1.29, 1.82) is 0 Å². The topological polar surface area (TPSA) is 95.6 Å². The summed E-state index contributed by atoms with van der Waals surface area (Å²) < 4.78 is 38.3. The first kappa shape index (κ1) is 15.2. The predicted molar refractivity (Wildman–Crippen MR) is 59.7 cm³/mol. The molecule has 0 amide bonds. The quantitative estimate of drug-likeness (QED) is 0.559. The van der Waals surface area contributed by atoms with Gasteiger partial charge in [-0.3, -0.25) is 10.1 Å². The molecule has 0 saturated carbocycles. The fraction of sp³-hybridized carbons (Fsp3) is 0.400. The van der Waals surface area contributed by atoms with Gasteiger partial charge in [0, 0.05) is 17.8 Å². The normalized spacial score (nSPS) is 11.7. The van der Waals surface area contributed by atoms with Crippen LogP contribution in [0.2, 0.25) is 0 Å². The number of alkyl halides is 3. The van der Waals surface area contributed by atoms with Crippen LogP contribution in [0.5, 0.6) is 0 Å². The SMILES string of the molecule is O=[N+]([O-])c1ccc(NC(CO)CO)c(C(F)(F)F)c1. The van der Waals surface area contributed by atoms with Crippen LogP contribution in [0.4, 0.5) is 24.5 Å². The van der Waals surface area contributed by atoms with Gasteiger partial charge in [-0.05, 0) is 6.07 Å². The summed E-state index contributed by atoms with van der Waals surface area (Å²) in [5.41, 5.74) is -2.36. The molecule has 0 aliphatic rings. The van der Waals surface area contributed by atoms with E-state index in [1.807, 2.05) is 0 Å². The van der Waals surface area contributed by atoms with Gasteiger partial charge in [-0.1, -0.05) is 0 Å². The van der Waals surface area contributed by atoms with E-state index in [9.17, 15) is 23.3 Å². The summed E-state index contributed by atoms with van der Waals surface area (Å²) in [5, 5.41) is 30.4. The first-order valence-corrected chi connectivity index (χ1v) is 5.13. The first-order chi connectivity index (χ1) is 8.79. The zero-order valence-electron chi connectivity index (χ0n) is 9.52. The molecule has 0 heterocycles. The third-order valence-corrected chi connectivity index (χ3v) is 2.32. The lowest BCUT2D eigenvalue weighted by Crippen LogP contribution is -2.29. The second-order valence-corrected chi connectivity index (χ2v) is 3.69. The number of nitrogens with one attached hydrogen (secondary N) is 1. The zero-order chi connectivity index (χ0) is 14.6. The molecule has 0 radical (unpaired) electrons. The molecule has 0 bridgehead atoms. The maximum atomic E-state index is 12.8. The van der Waals surface area contributed by atoms with Crippen molar-refractivity contribution in [3.63, 3.8) is 0 Å². The zero-order valence-corrected chi connectivity index (χ0v) is 9.52. The van der Waals surface area contributed by atoms with Gasteiger partial charge in [0.2, 0.25) is 0 Å². The van der Waals surface area contributed by atoms with Crippen molar-refractivity contribution in [2.75, 3.05) is 18.5 Å². The van der Waals surface area contributed by atoms with Crippen LogP contribution in [-0.4, -0.2) is 34.4 Å². The van der Waals surface area contributed by atoms with Crippen molar-refractivity contribution in [2.45, 2.75) is 12.2 Å². The van der Waals surface area contributed by atoms with E-state index in [0.717, 1.165) is 12.1 Å². The van der Waals surface area contributed by atoms with E-state index >= 15 is 0 Å². The maximum Gasteiger partial charge on any atom is 0.418 e. The van der Waals surface area contributed by atoms with Crippen LogP contribution in [0.25, 0.3) is 0 Å². The van der Waals surface area contributed by atoms with Gasteiger partial charge in [0.15, 0.2) is 0 Å². The molecule has 0 aliphatic carbocycles. The van der Waals surface area contributed by atoms with E-state index in [2.05, 4.69) is 5.32 Å². The fourth-order valence-electron chi connectivity index (χ4n) is 1.38. The molecule has 0 fully saturated rings. The molecule has 9 heteroatoms. The minimum Gasteiger partial charge on any atom is -0.394 e. The Morgan fingerprint density at radius 2 is 1.89 bits per heavy atom. The molecule has 6 nitrogen and oxygen atoms in total. The van der Waals surface area contributed by atoms with Gasteiger partial charge >= 0.3 is 6.18 Å². The molecule has 0 saturated heterocycles. The summed E-state index contributed by atoms with van der Waals surface area (Å²) >= 11 is 0. The number of nitro benzene ring substituents is 1. The number of hydrogen-bond donors (Lipinski definition) is 3. The Bertz CT molecular complexity index is 461. The number of aliphatic hydroxyl groups is 2. The van der Waals surface area contributed by atoms with Gasteiger partial charge in [0.25, 0.3) is 5.69 Å². The predicted octanol–water partition coefficient (Wildman–Crippen LogP) is 1.38. The summed E-state index contributed by atoms with van der Waals surface area (Å²) in [6.07, 6.45) is -4.79. The van der Waals surface area contributed by atoms with Crippen LogP contribution in [-0.2, 0) is 6.18 Å². The third-order valence-electron chi connectivity index (χ3n) is 2.32. The standard InChI is InChI=1S/C10H11F3N2O4/c11-10(12,13)8-3-7(15(18)19)1-2-9(8)14-6(4-16)5-17/h1-3,6,14,16-17H,4-5H2. The molecule has 0 atom stereocenters. The molecule has 0 unspecified atom stereocenters. The highest BCUT2D eigenvalue weighted by atomic mass is 19.4. The molecule has 106 valence electrons. The largest absolute Gasteiger partial charge is 0.418 e. The Labute approximate surface area is 105 Å². The van der Waals surface area contributed by atoms with Gasteiger partial charge in [-0.25, -0.2) is 0 Å². The van der Waals surface area contributed by atoms with Crippen molar-refractivity contribution in [2.24, 2.45) is 0 Å². The summed E-state index contributed by atoms with van der Waals surface area (Å²) in [7, 11) is 0. The van der Waals surface area contributed by atoms with E-state index in [0.29, 0.717) is 6.07 Å². The summed E-state index contributed by atoms with van der Waals surface area (Å²) in [6.45, 7) is -1.16. The molecule has 0 spiro atoms. The number of nitrogens with zero attached hydrogens (tertiary/aromatic N) is 1. The van der Waals surface area contributed by atoms with Crippen molar-refractivity contribution < 1.29 is 28.3 Å². The smallest absolute Gasteiger partial charge is 0.394 e. The van der Waals surface area contributed by atoms with Crippen LogP contribution >= 0.6 is 0 Å². The number of hydrogen-bond acceptors (Lipinski definition) is 5. The number of nitro groups is 1. The minimum atomic E-state index is -4.79. The van der Waals surface area contributed by atoms with Crippen LogP contribution in [0, 0.1) is 10.1 Å². The third kappa shape index (κ3) is 3.80. The van der Waals surface area contributed by atoms with Crippen LogP contribution in [0.1, 0.15) is 5.56 Å². The van der Waals surface area contributed by atoms with E-state index in [1.165, 1.54) is 0 Å². The van der Waals surface area contributed by atoms with Gasteiger partial charge in [0.1, 0.15) is 0 Å². The van der Waals surface area contributed by atoms with Crippen molar-refractivity contribution >= 4 is 11.4 Å². The van der Waals surface area contributed by atoms with Crippen molar-refractivity contribution in [3.8, 4) is 0 Å². The van der Waals surface area contributed by atoms with Gasteiger partial charge in [0.05, 0.1) is 29.7 Å². The lowest BCUT2D eigenvalue weighted by atomic mass is 10.1. The summed E-state index contributed by atoms with van der Waals surface area (Å²) in [5.74, 6) is 0. The lowest BCUT2D eigenvalue weighted by Gasteiger charge is -2.19. The second kappa shape index (κ2) is 5.85. The average Bonchev–Trinajstić information content (AvgIpc) is 2.34. The Hall–Kier alpha value is -1.87. The molecule has 0 aliphatic heterocycles. The number of non-ortho nitro benzene ring substituents is 1. The van der Waals surface area contributed by atoms with E-state index in [4.69, 9.17) is 10.2 Å². The Morgan fingerprint density at radius 1 is 1.32 bits per heavy atom. The highest BCUT2D eigenvalue weighted by Crippen LogP contribution is 2.37. The van der Waals surface area contributed by atoms with E-state index in [-0.39, 0.29) is 0 Å². The van der Waals surface area contributed by atoms with Gasteiger partial charge in [-0.2, -0.15) is 13.2 Å². The molecule has 1 aromatic rings. The Morgan fingerprint density at radius 3 is 2.32 bits per heavy atom. The summed E-state index contributed by atoms with van der Waals surface area (Å²) in [6, 6.07) is 1.21. The van der Waals surface area contributed by atoms with Gasteiger partial charge < -0.3 is 15.5 Å². The van der Waals surface area contributed by atoms with E-state index < -0.39 is 47.3 Å². The highest BCUT2D eigenvalue weighted by Gasteiger charge is 2.35. The monoisotopic (exact) mass is 280 g/mol. The number of anilines is 1. The number of benzene rings is 1. The average molecular weight is 280 g/mol. The van der Waals surface area contributed by atoms with Crippen LogP contribution in [0.3, 0.4) is 0 Å². The second-order valence-electron chi connectivity index (χ2n) is 3.69. The maximum absolute atomic E-state index is 12.8. The minimum absolute atomic E-state index is 0.397. The molecule has 1 rings (SSSR count). The van der Waals surface area contributed by atoms with Gasteiger partial charge in [-0.15, -0.1) is 0 Å². The number of rotatable bonds is 5. The fourth-order valence-corrected chi connectivity index (χ4v) is 1.38. The number of aliphatic hydroxyl groups excluding tert-OH is 2. The molecular formula is C10H11F3N2O4. The van der Waals surface area contributed by atoms with E-state index in [1.54, 1.807) is 0 Å². The molecule has 0 aromatic heterocycles. The molecular weight excluding hydrogens is 269 g/mol. The molecule has 1 aromatic carbocycles. The first-order valence-electron chi connectivity index (χ1n) is 5.13. The number of halogens is 3. The molecule has 3 N–H and O–H groups in total. The Kier molecular flexibility index (Phi) is 4.67.